The lowest BCUT2D eigenvalue weighted by Gasteiger charge is -2.26. The van der Waals surface area contributed by atoms with Gasteiger partial charge in [0, 0.05) is 16.5 Å². The molecular weight excluding hydrogens is 364 g/mol. The van der Waals surface area contributed by atoms with Crippen LogP contribution in [-0.2, 0) is 5.41 Å². The molecule has 0 aliphatic heterocycles. The maximum absolute atomic E-state index is 11.3. The molecule has 0 saturated carbocycles. The summed E-state index contributed by atoms with van der Waals surface area (Å²) in [6, 6.07) is 22.2. The molecule has 0 bridgehead atoms. The van der Waals surface area contributed by atoms with E-state index < -0.39 is 11.9 Å². The number of hydrogen-bond donors (Lipinski definition) is 2. The minimum atomic E-state index is -1.29. The normalized spacial score (nSPS) is 10.7. The van der Waals surface area contributed by atoms with Gasteiger partial charge in [0.25, 0.3) is 0 Å². The summed E-state index contributed by atoms with van der Waals surface area (Å²) in [4.78, 5) is 22.4. The molecule has 29 heavy (non-hydrogen) atoms. The number of aromatic carboxylic acids is 2. The van der Waals surface area contributed by atoms with Crippen molar-refractivity contribution in [2.45, 2.75) is 19.3 Å². The van der Waals surface area contributed by atoms with Crippen molar-refractivity contribution in [2.75, 3.05) is 0 Å². The van der Waals surface area contributed by atoms with Gasteiger partial charge in [-0.1, -0.05) is 68.2 Å². The zero-order chi connectivity index (χ0) is 21.0. The van der Waals surface area contributed by atoms with Crippen LogP contribution in [0.1, 0.15) is 56.8 Å². The highest BCUT2D eigenvalue weighted by Crippen LogP contribution is 2.31. The Morgan fingerprint density at radius 2 is 1.21 bits per heavy atom. The third-order valence-electron chi connectivity index (χ3n) is 4.93. The van der Waals surface area contributed by atoms with Crippen LogP contribution in [0.15, 0.2) is 72.8 Å². The zero-order valence-electron chi connectivity index (χ0n) is 16.1. The summed E-state index contributed by atoms with van der Waals surface area (Å²) in [5.41, 5.74) is 2.94. The summed E-state index contributed by atoms with van der Waals surface area (Å²) < 4.78 is 0. The van der Waals surface area contributed by atoms with Crippen LogP contribution >= 0.6 is 0 Å². The quantitative estimate of drug-likeness (QED) is 0.633. The lowest BCUT2D eigenvalue weighted by atomic mass is 9.78. The Morgan fingerprint density at radius 3 is 1.79 bits per heavy atom. The van der Waals surface area contributed by atoms with E-state index in [2.05, 4.69) is 37.8 Å². The number of hydrogen-bond acceptors (Lipinski definition) is 2. The highest BCUT2D eigenvalue weighted by Gasteiger charge is 2.22. The van der Waals surface area contributed by atoms with E-state index in [0.717, 1.165) is 11.1 Å². The molecule has 0 spiro atoms. The summed E-state index contributed by atoms with van der Waals surface area (Å²) in [6.45, 7) is 4.33. The van der Waals surface area contributed by atoms with Crippen molar-refractivity contribution in [2.24, 2.45) is 0 Å². The minimum absolute atomic E-state index is 0.143. The van der Waals surface area contributed by atoms with Crippen LogP contribution in [0.25, 0.3) is 0 Å². The molecule has 0 atom stereocenters. The third kappa shape index (κ3) is 4.36. The predicted octanol–water partition coefficient (Wildman–Crippen LogP) is 4.81. The highest BCUT2D eigenvalue weighted by molar-refractivity contribution is 6.01. The fraction of sp³-hybridized carbons (Fsp3) is 0.120. The molecule has 0 aromatic heterocycles. The molecule has 0 amide bonds. The van der Waals surface area contributed by atoms with E-state index in [4.69, 9.17) is 5.11 Å². The molecule has 3 rings (SSSR count). The molecule has 4 nitrogen and oxygen atoms in total. The Hall–Kier alpha value is -3.84. The Kier molecular flexibility index (Phi) is 5.52. The van der Waals surface area contributed by atoms with Gasteiger partial charge in [0.2, 0.25) is 0 Å². The van der Waals surface area contributed by atoms with Gasteiger partial charge in [0.15, 0.2) is 0 Å². The summed E-state index contributed by atoms with van der Waals surface area (Å²) in [7, 11) is 0. The van der Waals surface area contributed by atoms with Gasteiger partial charge >= 0.3 is 11.9 Å². The molecule has 0 aliphatic carbocycles. The van der Waals surface area contributed by atoms with Crippen molar-refractivity contribution in [1.29, 1.82) is 0 Å². The molecule has 3 aromatic carbocycles. The van der Waals surface area contributed by atoms with Crippen LogP contribution in [0.3, 0.4) is 0 Å². The van der Waals surface area contributed by atoms with E-state index in [9.17, 15) is 14.7 Å². The standard InChI is InChI=1S/C25H20O4/c1-25(2,19-6-4-3-5-7-19)20-13-10-17(11-14-20)8-9-18-12-15-21(23(26)27)22(16-18)24(28)29/h3-7,10-16H,1-2H3,(H,26,27)(H,28,29). The molecule has 0 aliphatic rings. The van der Waals surface area contributed by atoms with Gasteiger partial charge in [-0.05, 0) is 41.5 Å². The van der Waals surface area contributed by atoms with Crippen molar-refractivity contribution >= 4 is 11.9 Å². The first kappa shape index (κ1) is 19.9. The molecule has 0 unspecified atom stereocenters. The molecule has 0 fully saturated rings. The number of carboxylic acid groups (broad SMARTS) is 2. The lowest BCUT2D eigenvalue weighted by Crippen LogP contribution is -2.18. The summed E-state index contributed by atoms with van der Waals surface area (Å²) >= 11 is 0. The largest absolute Gasteiger partial charge is 0.478 e. The van der Waals surface area contributed by atoms with Crippen molar-refractivity contribution in [3.8, 4) is 11.8 Å². The van der Waals surface area contributed by atoms with Crippen LogP contribution in [-0.4, -0.2) is 22.2 Å². The fourth-order valence-corrected chi connectivity index (χ4v) is 3.12. The maximum atomic E-state index is 11.3. The predicted molar refractivity (Wildman–Crippen MR) is 111 cm³/mol. The minimum Gasteiger partial charge on any atom is -0.478 e. The summed E-state index contributed by atoms with van der Waals surface area (Å²) in [5.74, 6) is 3.34. The number of benzene rings is 3. The Bertz CT molecular complexity index is 1110. The van der Waals surface area contributed by atoms with Gasteiger partial charge in [0.05, 0.1) is 11.1 Å². The molecule has 0 heterocycles. The monoisotopic (exact) mass is 384 g/mol. The Morgan fingerprint density at radius 1 is 0.690 bits per heavy atom. The number of carboxylic acids is 2. The van der Waals surface area contributed by atoms with Gasteiger partial charge in [0.1, 0.15) is 0 Å². The van der Waals surface area contributed by atoms with Crippen molar-refractivity contribution in [3.63, 3.8) is 0 Å². The zero-order valence-corrected chi connectivity index (χ0v) is 16.1. The van der Waals surface area contributed by atoms with E-state index in [1.54, 1.807) is 0 Å². The van der Waals surface area contributed by atoms with Gasteiger partial charge in [-0.2, -0.15) is 0 Å². The van der Waals surface area contributed by atoms with Crippen LogP contribution < -0.4 is 0 Å². The topological polar surface area (TPSA) is 74.6 Å². The van der Waals surface area contributed by atoms with E-state index in [-0.39, 0.29) is 16.5 Å². The van der Waals surface area contributed by atoms with E-state index >= 15 is 0 Å². The van der Waals surface area contributed by atoms with Crippen LogP contribution in [0.4, 0.5) is 0 Å². The second-order valence-corrected chi connectivity index (χ2v) is 7.19. The molecule has 4 heteroatoms. The van der Waals surface area contributed by atoms with Crippen molar-refractivity contribution in [1.82, 2.24) is 0 Å². The average Bonchev–Trinajstić information content (AvgIpc) is 2.73. The van der Waals surface area contributed by atoms with E-state index in [0.29, 0.717) is 5.56 Å². The Balaban J connectivity index is 1.86. The highest BCUT2D eigenvalue weighted by atomic mass is 16.4. The van der Waals surface area contributed by atoms with Crippen molar-refractivity contribution in [3.05, 3.63) is 106 Å². The molecular formula is C25H20O4. The molecule has 0 radical (unpaired) electrons. The molecule has 3 aromatic rings. The van der Waals surface area contributed by atoms with Gasteiger partial charge in [-0.15, -0.1) is 0 Å². The number of carbonyl (C=O) groups is 2. The summed E-state index contributed by atoms with van der Waals surface area (Å²) in [6.07, 6.45) is 0. The van der Waals surface area contributed by atoms with Crippen LogP contribution in [0.5, 0.6) is 0 Å². The first-order valence-corrected chi connectivity index (χ1v) is 9.08. The average molecular weight is 384 g/mol. The second kappa shape index (κ2) is 8.04. The first-order valence-electron chi connectivity index (χ1n) is 9.08. The molecule has 0 saturated heterocycles. The Labute approximate surface area is 169 Å². The molecule has 2 N–H and O–H groups in total. The van der Waals surface area contributed by atoms with Gasteiger partial charge in [-0.25, -0.2) is 9.59 Å². The number of rotatable bonds is 4. The van der Waals surface area contributed by atoms with Gasteiger partial charge in [-0.3, -0.25) is 0 Å². The molecule has 144 valence electrons. The summed E-state index contributed by atoms with van der Waals surface area (Å²) in [5, 5.41) is 18.3. The maximum Gasteiger partial charge on any atom is 0.336 e. The SMILES string of the molecule is CC(C)(c1ccccc1)c1ccc(C#Cc2ccc(C(=O)O)c(C(=O)O)c2)cc1. The smallest absolute Gasteiger partial charge is 0.336 e. The second-order valence-electron chi connectivity index (χ2n) is 7.19. The fourth-order valence-electron chi connectivity index (χ4n) is 3.12. The lowest BCUT2D eigenvalue weighted by molar-refractivity contribution is 0.0651. The van der Waals surface area contributed by atoms with E-state index in [1.807, 2.05) is 42.5 Å². The first-order chi connectivity index (χ1) is 13.8. The van der Waals surface area contributed by atoms with E-state index in [1.165, 1.54) is 23.8 Å². The van der Waals surface area contributed by atoms with Crippen molar-refractivity contribution < 1.29 is 19.8 Å². The van der Waals surface area contributed by atoms with Crippen LogP contribution in [0, 0.1) is 11.8 Å². The van der Waals surface area contributed by atoms with Crippen LogP contribution in [0.2, 0.25) is 0 Å². The third-order valence-corrected chi connectivity index (χ3v) is 4.93. The van der Waals surface area contributed by atoms with Gasteiger partial charge < -0.3 is 10.2 Å².